The SMILES string of the molecule is CNCc1c(Sc2ccccc2Br)nc2sccn12. The van der Waals surface area contributed by atoms with Gasteiger partial charge in [0.05, 0.1) is 5.69 Å². The van der Waals surface area contributed by atoms with Crippen LogP contribution in [0.15, 0.2) is 50.2 Å². The van der Waals surface area contributed by atoms with E-state index >= 15 is 0 Å². The Kier molecular flexibility index (Phi) is 3.93. The Hall–Kier alpha value is -0.820. The van der Waals surface area contributed by atoms with Gasteiger partial charge in [-0.25, -0.2) is 4.98 Å². The molecule has 1 aromatic carbocycles. The molecular formula is C13H12BrN3S2. The van der Waals surface area contributed by atoms with E-state index in [9.17, 15) is 0 Å². The fraction of sp³-hybridized carbons (Fsp3) is 0.154. The molecule has 98 valence electrons. The van der Waals surface area contributed by atoms with Crippen molar-refractivity contribution in [3.05, 3.63) is 46.0 Å². The Morgan fingerprint density at radius 3 is 3.05 bits per heavy atom. The maximum absolute atomic E-state index is 4.71. The second-order valence-electron chi connectivity index (χ2n) is 3.98. The number of nitrogens with zero attached hydrogens (tertiary/aromatic N) is 2. The Morgan fingerprint density at radius 2 is 2.26 bits per heavy atom. The summed E-state index contributed by atoms with van der Waals surface area (Å²) >= 11 is 6.94. The Balaban J connectivity index is 2.02. The van der Waals surface area contributed by atoms with Gasteiger partial charge in [-0.1, -0.05) is 23.9 Å². The van der Waals surface area contributed by atoms with Gasteiger partial charge in [0.2, 0.25) is 0 Å². The molecule has 0 aliphatic rings. The molecule has 0 bridgehead atoms. The predicted octanol–water partition coefficient (Wildman–Crippen LogP) is 4.03. The van der Waals surface area contributed by atoms with Crippen molar-refractivity contribution < 1.29 is 0 Å². The van der Waals surface area contributed by atoms with Crippen molar-refractivity contribution in [1.82, 2.24) is 14.7 Å². The van der Waals surface area contributed by atoms with Crippen molar-refractivity contribution in [2.75, 3.05) is 7.05 Å². The monoisotopic (exact) mass is 353 g/mol. The summed E-state index contributed by atoms with van der Waals surface area (Å²) in [6, 6.07) is 8.22. The lowest BCUT2D eigenvalue weighted by molar-refractivity contribution is 0.765. The highest BCUT2D eigenvalue weighted by atomic mass is 79.9. The number of halogens is 1. The Labute approximate surface area is 128 Å². The number of thiazole rings is 1. The second-order valence-corrected chi connectivity index (χ2v) is 6.74. The molecule has 0 atom stereocenters. The molecule has 19 heavy (non-hydrogen) atoms. The molecule has 0 aliphatic heterocycles. The van der Waals surface area contributed by atoms with Crippen molar-refractivity contribution in [2.24, 2.45) is 0 Å². The van der Waals surface area contributed by atoms with Gasteiger partial charge >= 0.3 is 0 Å². The quantitative estimate of drug-likeness (QED) is 0.767. The van der Waals surface area contributed by atoms with Crippen LogP contribution in [0.25, 0.3) is 4.96 Å². The minimum atomic E-state index is 0.810. The molecule has 3 rings (SSSR count). The number of rotatable bonds is 4. The highest BCUT2D eigenvalue weighted by Gasteiger charge is 2.14. The summed E-state index contributed by atoms with van der Waals surface area (Å²) in [6.45, 7) is 0.810. The van der Waals surface area contributed by atoms with E-state index in [0.29, 0.717) is 0 Å². The third kappa shape index (κ3) is 2.58. The summed E-state index contributed by atoms with van der Waals surface area (Å²) in [5.41, 5.74) is 1.21. The highest BCUT2D eigenvalue weighted by Crippen LogP contribution is 2.35. The number of fused-ring (bicyclic) bond motifs is 1. The Morgan fingerprint density at radius 1 is 1.42 bits per heavy atom. The number of benzene rings is 1. The first-order valence-corrected chi connectivity index (χ1v) is 8.30. The zero-order valence-corrected chi connectivity index (χ0v) is 13.5. The van der Waals surface area contributed by atoms with Gasteiger partial charge in [-0.05, 0) is 35.1 Å². The molecule has 0 radical (unpaired) electrons. The molecule has 6 heteroatoms. The largest absolute Gasteiger partial charge is 0.314 e. The fourth-order valence-corrected chi connectivity index (χ4v) is 4.11. The fourth-order valence-electron chi connectivity index (χ4n) is 1.85. The zero-order valence-electron chi connectivity index (χ0n) is 10.3. The first-order valence-electron chi connectivity index (χ1n) is 5.81. The lowest BCUT2D eigenvalue weighted by atomic mass is 10.4. The standard InChI is InChI=1S/C13H12BrN3S2/c1-15-8-10-12(16-13-17(10)6-7-18-13)19-11-5-3-2-4-9(11)14/h2-7,15H,8H2,1H3. The molecular weight excluding hydrogens is 342 g/mol. The first-order chi connectivity index (χ1) is 9.29. The molecule has 0 spiro atoms. The number of imidazole rings is 1. The van der Waals surface area contributed by atoms with Crippen molar-refractivity contribution in [3.8, 4) is 0 Å². The van der Waals surface area contributed by atoms with E-state index < -0.39 is 0 Å². The average molecular weight is 354 g/mol. The van der Waals surface area contributed by atoms with Crippen molar-refractivity contribution in [1.29, 1.82) is 0 Å². The lowest BCUT2D eigenvalue weighted by Crippen LogP contribution is -2.08. The number of hydrogen-bond donors (Lipinski definition) is 1. The van der Waals surface area contributed by atoms with E-state index in [2.05, 4.69) is 49.4 Å². The van der Waals surface area contributed by atoms with Crippen LogP contribution in [-0.2, 0) is 6.54 Å². The predicted molar refractivity (Wildman–Crippen MR) is 84.1 cm³/mol. The summed E-state index contributed by atoms with van der Waals surface area (Å²) in [4.78, 5) is 6.94. The van der Waals surface area contributed by atoms with Gasteiger partial charge in [0, 0.05) is 27.5 Å². The summed E-state index contributed by atoms with van der Waals surface area (Å²) in [7, 11) is 1.96. The molecule has 3 nitrogen and oxygen atoms in total. The molecule has 0 saturated carbocycles. The summed E-state index contributed by atoms with van der Waals surface area (Å²) in [5.74, 6) is 0. The topological polar surface area (TPSA) is 29.3 Å². The second kappa shape index (κ2) is 5.66. The normalized spacial score (nSPS) is 11.3. The van der Waals surface area contributed by atoms with Crippen LogP contribution in [0.5, 0.6) is 0 Å². The van der Waals surface area contributed by atoms with Crippen LogP contribution >= 0.6 is 39.0 Å². The summed E-state index contributed by atoms with van der Waals surface area (Å²) in [5, 5.41) is 6.34. The number of hydrogen-bond acceptors (Lipinski definition) is 4. The third-order valence-corrected chi connectivity index (χ3v) is 5.52. The molecule has 0 saturated heterocycles. The van der Waals surface area contributed by atoms with Crippen LogP contribution in [0.2, 0.25) is 0 Å². The van der Waals surface area contributed by atoms with Crippen molar-refractivity contribution >= 4 is 44.0 Å². The zero-order chi connectivity index (χ0) is 13.2. The highest BCUT2D eigenvalue weighted by molar-refractivity contribution is 9.10. The third-order valence-electron chi connectivity index (χ3n) is 2.71. The van der Waals surface area contributed by atoms with Crippen LogP contribution < -0.4 is 5.32 Å². The number of aromatic nitrogens is 2. The molecule has 2 aromatic heterocycles. The lowest BCUT2D eigenvalue weighted by Gasteiger charge is -2.04. The van der Waals surface area contributed by atoms with Crippen LogP contribution in [0.1, 0.15) is 5.69 Å². The van der Waals surface area contributed by atoms with Gasteiger partial charge in [0.1, 0.15) is 5.03 Å². The van der Waals surface area contributed by atoms with Gasteiger partial charge in [-0.15, -0.1) is 11.3 Å². The molecule has 0 unspecified atom stereocenters. The summed E-state index contributed by atoms with van der Waals surface area (Å²) < 4.78 is 3.26. The van der Waals surface area contributed by atoms with Gasteiger partial charge in [0.15, 0.2) is 4.96 Å². The van der Waals surface area contributed by atoms with Gasteiger partial charge < -0.3 is 5.32 Å². The maximum atomic E-state index is 4.71. The Bertz CT molecular complexity index is 705. The van der Waals surface area contributed by atoms with Crippen LogP contribution in [0, 0.1) is 0 Å². The minimum Gasteiger partial charge on any atom is -0.314 e. The first kappa shape index (κ1) is 13.2. The van der Waals surface area contributed by atoms with Gasteiger partial charge in [0.25, 0.3) is 0 Å². The minimum absolute atomic E-state index is 0.810. The molecule has 1 N–H and O–H groups in total. The van der Waals surface area contributed by atoms with E-state index in [-0.39, 0.29) is 0 Å². The van der Waals surface area contributed by atoms with E-state index in [0.717, 1.165) is 21.0 Å². The molecule has 2 heterocycles. The molecule has 0 fully saturated rings. The molecule has 0 amide bonds. The van der Waals surface area contributed by atoms with Gasteiger partial charge in [-0.2, -0.15) is 0 Å². The van der Waals surface area contributed by atoms with Crippen LogP contribution in [-0.4, -0.2) is 16.4 Å². The summed E-state index contributed by atoms with van der Waals surface area (Å²) in [6.07, 6.45) is 2.07. The average Bonchev–Trinajstić information content (AvgIpc) is 2.96. The van der Waals surface area contributed by atoms with Gasteiger partial charge in [-0.3, -0.25) is 4.40 Å². The van der Waals surface area contributed by atoms with E-state index in [1.165, 1.54) is 10.6 Å². The smallest absolute Gasteiger partial charge is 0.194 e. The van der Waals surface area contributed by atoms with Crippen LogP contribution in [0.3, 0.4) is 0 Å². The van der Waals surface area contributed by atoms with Crippen molar-refractivity contribution in [2.45, 2.75) is 16.5 Å². The number of nitrogens with one attached hydrogen (secondary N) is 1. The van der Waals surface area contributed by atoms with E-state index in [4.69, 9.17) is 4.98 Å². The molecule has 0 aliphatic carbocycles. The maximum Gasteiger partial charge on any atom is 0.194 e. The molecule has 3 aromatic rings. The van der Waals surface area contributed by atoms with E-state index in [1.54, 1.807) is 23.1 Å². The van der Waals surface area contributed by atoms with Crippen molar-refractivity contribution in [3.63, 3.8) is 0 Å². The van der Waals surface area contributed by atoms with E-state index in [1.807, 2.05) is 19.2 Å². The van der Waals surface area contributed by atoms with Crippen LogP contribution in [0.4, 0.5) is 0 Å².